The summed E-state index contributed by atoms with van der Waals surface area (Å²) in [5.41, 5.74) is 10.6. The molecule has 0 radical (unpaired) electrons. The number of hydrogen-bond acceptors (Lipinski definition) is 3. The van der Waals surface area contributed by atoms with E-state index in [1.807, 2.05) is 0 Å². The molecule has 1 atom stereocenters. The van der Waals surface area contributed by atoms with Gasteiger partial charge in [0, 0.05) is 42.4 Å². The van der Waals surface area contributed by atoms with Crippen molar-refractivity contribution in [2.24, 2.45) is 5.73 Å². The van der Waals surface area contributed by atoms with Crippen LogP contribution >= 0.6 is 15.9 Å². The number of nitrogens with zero attached hydrogens (tertiary/aromatic N) is 2. The Morgan fingerprint density at radius 2 is 1.89 bits per heavy atom. The van der Waals surface area contributed by atoms with Crippen molar-refractivity contribution < 1.29 is 0 Å². The van der Waals surface area contributed by atoms with Gasteiger partial charge in [0.05, 0.1) is 0 Å². The number of rotatable bonds is 1. The Bertz CT molecular complexity index is 467. The predicted octanol–water partition coefficient (Wildman–Crippen LogP) is 2.02. The topological polar surface area (TPSA) is 32.5 Å². The van der Waals surface area contributed by atoms with Crippen LogP contribution in [0.5, 0.6) is 0 Å². The average Bonchev–Trinajstić information content (AvgIpc) is 2.40. The Balaban J connectivity index is 1.93. The maximum absolute atomic E-state index is 6.18. The minimum atomic E-state index is 0.327. The fourth-order valence-corrected chi connectivity index (χ4v) is 3.76. The summed E-state index contributed by atoms with van der Waals surface area (Å²) in [6.07, 6.45) is 3.24. The molecule has 1 aromatic rings. The van der Waals surface area contributed by atoms with Crippen molar-refractivity contribution in [2.45, 2.75) is 25.3 Å². The summed E-state index contributed by atoms with van der Waals surface area (Å²) in [5.74, 6) is 0. The first kappa shape index (κ1) is 13.4. The van der Waals surface area contributed by atoms with Crippen LogP contribution in [0.25, 0.3) is 0 Å². The van der Waals surface area contributed by atoms with Gasteiger partial charge in [0.15, 0.2) is 0 Å². The van der Waals surface area contributed by atoms with Crippen LogP contribution in [0, 0.1) is 0 Å². The summed E-state index contributed by atoms with van der Waals surface area (Å²) in [5, 5.41) is 0. The maximum Gasteiger partial charge on any atom is 0.0403 e. The Kier molecular flexibility index (Phi) is 3.83. The van der Waals surface area contributed by atoms with Gasteiger partial charge in [-0.25, -0.2) is 0 Å². The van der Waals surface area contributed by atoms with Gasteiger partial charge in [-0.15, -0.1) is 0 Å². The summed E-state index contributed by atoms with van der Waals surface area (Å²) in [6, 6.07) is 4.81. The number of likely N-dealkylation sites (N-methyl/N-ethyl adjacent to an activating group) is 1. The van der Waals surface area contributed by atoms with Crippen molar-refractivity contribution in [2.75, 3.05) is 38.1 Å². The quantitative estimate of drug-likeness (QED) is 0.858. The van der Waals surface area contributed by atoms with Crippen LogP contribution in [0.2, 0.25) is 0 Å². The molecule has 1 aliphatic carbocycles. The molecule has 104 valence electrons. The largest absolute Gasteiger partial charge is 0.369 e. The second-order valence-electron chi connectivity index (χ2n) is 5.82. The highest BCUT2D eigenvalue weighted by Crippen LogP contribution is 2.35. The van der Waals surface area contributed by atoms with Crippen molar-refractivity contribution in [3.8, 4) is 0 Å². The van der Waals surface area contributed by atoms with Crippen molar-refractivity contribution in [3.63, 3.8) is 0 Å². The monoisotopic (exact) mass is 323 g/mol. The van der Waals surface area contributed by atoms with Crippen molar-refractivity contribution >= 4 is 21.6 Å². The van der Waals surface area contributed by atoms with Gasteiger partial charge in [-0.05, 0) is 49.6 Å². The van der Waals surface area contributed by atoms with E-state index in [0.29, 0.717) is 6.04 Å². The zero-order chi connectivity index (χ0) is 13.4. The van der Waals surface area contributed by atoms with E-state index < -0.39 is 0 Å². The highest BCUT2D eigenvalue weighted by atomic mass is 79.9. The zero-order valence-electron chi connectivity index (χ0n) is 11.5. The molecule has 0 saturated carbocycles. The SMILES string of the molecule is CN1CCN(c2ccc(Br)c3c2C[C@H](N)CC3)CC1. The van der Waals surface area contributed by atoms with Gasteiger partial charge < -0.3 is 15.5 Å². The molecule has 1 heterocycles. The fourth-order valence-electron chi connectivity index (χ4n) is 3.19. The van der Waals surface area contributed by atoms with Gasteiger partial charge >= 0.3 is 0 Å². The third-order valence-electron chi connectivity index (χ3n) is 4.42. The molecule has 1 saturated heterocycles. The Labute approximate surface area is 123 Å². The molecule has 4 heteroatoms. The van der Waals surface area contributed by atoms with Crippen LogP contribution in [-0.4, -0.2) is 44.2 Å². The van der Waals surface area contributed by atoms with Gasteiger partial charge in [-0.1, -0.05) is 15.9 Å². The lowest BCUT2D eigenvalue weighted by molar-refractivity contribution is 0.312. The van der Waals surface area contributed by atoms with Crippen LogP contribution in [0.1, 0.15) is 17.5 Å². The first-order valence-electron chi connectivity index (χ1n) is 7.14. The molecule has 0 spiro atoms. The van der Waals surface area contributed by atoms with E-state index in [4.69, 9.17) is 5.73 Å². The van der Waals surface area contributed by atoms with E-state index >= 15 is 0 Å². The van der Waals surface area contributed by atoms with Crippen LogP contribution < -0.4 is 10.6 Å². The van der Waals surface area contributed by atoms with Gasteiger partial charge in [-0.2, -0.15) is 0 Å². The molecule has 2 N–H and O–H groups in total. The summed E-state index contributed by atoms with van der Waals surface area (Å²) in [4.78, 5) is 4.93. The summed E-state index contributed by atoms with van der Waals surface area (Å²) in [6.45, 7) is 4.55. The maximum atomic E-state index is 6.18. The molecule has 1 aromatic carbocycles. The number of halogens is 1. The van der Waals surface area contributed by atoms with E-state index in [1.165, 1.54) is 21.3 Å². The molecular weight excluding hydrogens is 302 g/mol. The zero-order valence-corrected chi connectivity index (χ0v) is 13.1. The van der Waals surface area contributed by atoms with Crippen LogP contribution in [0.15, 0.2) is 16.6 Å². The number of fused-ring (bicyclic) bond motifs is 1. The molecule has 0 aromatic heterocycles. The van der Waals surface area contributed by atoms with Gasteiger partial charge in [0.1, 0.15) is 0 Å². The Morgan fingerprint density at radius 1 is 1.16 bits per heavy atom. The smallest absolute Gasteiger partial charge is 0.0403 e. The molecule has 3 rings (SSSR count). The van der Waals surface area contributed by atoms with Crippen molar-refractivity contribution in [3.05, 3.63) is 27.7 Å². The minimum Gasteiger partial charge on any atom is -0.369 e. The van der Waals surface area contributed by atoms with Crippen molar-refractivity contribution in [1.29, 1.82) is 0 Å². The Morgan fingerprint density at radius 3 is 2.63 bits per heavy atom. The second kappa shape index (κ2) is 5.43. The highest BCUT2D eigenvalue weighted by Gasteiger charge is 2.24. The third-order valence-corrected chi connectivity index (χ3v) is 5.17. The predicted molar refractivity (Wildman–Crippen MR) is 83.9 cm³/mol. The average molecular weight is 324 g/mol. The first-order chi connectivity index (χ1) is 9.15. The van der Waals surface area contributed by atoms with Crippen molar-refractivity contribution in [1.82, 2.24) is 4.90 Å². The fraction of sp³-hybridized carbons (Fsp3) is 0.600. The number of benzene rings is 1. The third kappa shape index (κ3) is 2.67. The first-order valence-corrected chi connectivity index (χ1v) is 7.94. The van der Waals surface area contributed by atoms with E-state index in [0.717, 1.165) is 45.4 Å². The molecular formula is C15H22BrN3. The highest BCUT2D eigenvalue weighted by molar-refractivity contribution is 9.10. The molecule has 3 nitrogen and oxygen atoms in total. The lowest BCUT2D eigenvalue weighted by Gasteiger charge is -2.37. The van der Waals surface area contributed by atoms with Crippen LogP contribution in [0.3, 0.4) is 0 Å². The summed E-state index contributed by atoms with van der Waals surface area (Å²) in [7, 11) is 2.20. The molecule has 1 aliphatic heterocycles. The molecule has 0 unspecified atom stereocenters. The molecule has 2 aliphatic rings. The number of anilines is 1. The molecule has 1 fully saturated rings. The van der Waals surface area contributed by atoms with Gasteiger partial charge in [0.25, 0.3) is 0 Å². The standard InChI is InChI=1S/C15H22BrN3/c1-18-6-8-19(9-7-18)15-5-4-14(16)12-3-2-11(17)10-13(12)15/h4-5,11H,2-3,6-10,17H2,1H3/t11-/m1/s1. The van der Waals surface area contributed by atoms with Gasteiger partial charge in [-0.3, -0.25) is 0 Å². The number of nitrogens with two attached hydrogens (primary N) is 1. The van der Waals surface area contributed by atoms with Gasteiger partial charge in [0.2, 0.25) is 0 Å². The Hall–Kier alpha value is -0.580. The minimum absolute atomic E-state index is 0.327. The van der Waals surface area contributed by atoms with Crippen LogP contribution in [-0.2, 0) is 12.8 Å². The lowest BCUT2D eigenvalue weighted by atomic mass is 9.87. The van der Waals surface area contributed by atoms with Crippen LogP contribution in [0.4, 0.5) is 5.69 Å². The van der Waals surface area contributed by atoms with E-state index in [9.17, 15) is 0 Å². The normalized spacial score (nSPS) is 24.4. The summed E-state index contributed by atoms with van der Waals surface area (Å²) < 4.78 is 1.26. The summed E-state index contributed by atoms with van der Waals surface area (Å²) >= 11 is 3.70. The van der Waals surface area contributed by atoms with E-state index in [1.54, 1.807) is 0 Å². The lowest BCUT2D eigenvalue weighted by Crippen LogP contribution is -2.45. The number of piperazine rings is 1. The molecule has 0 amide bonds. The van der Waals surface area contributed by atoms with E-state index in [-0.39, 0.29) is 0 Å². The molecule has 0 bridgehead atoms. The molecule has 19 heavy (non-hydrogen) atoms. The second-order valence-corrected chi connectivity index (χ2v) is 6.67. The van der Waals surface area contributed by atoms with E-state index in [2.05, 4.69) is 44.9 Å². The number of hydrogen-bond donors (Lipinski definition) is 1.